The Morgan fingerprint density at radius 1 is 1.35 bits per heavy atom. The van der Waals surface area contributed by atoms with Crippen molar-refractivity contribution < 1.29 is 23.9 Å². The third kappa shape index (κ3) is 5.11. The van der Waals surface area contributed by atoms with Crippen LogP contribution in [-0.2, 0) is 16.1 Å². The number of aliphatic carboxylic acids is 1. The smallest absolute Gasteiger partial charge is 0.323 e. The Hall–Kier alpha value is -2.35. The molecule has 0 unspecified atom stereocenters. The molecule has 0 fully saturated rings. The van der Waals surface area contributed by atoms with E-state index < -0.39 is 23.4 Å². The predicted molar refractivity (Wildman–Crippen MR) is 68.8 cm³/mol. The van der Waals surface area contributed by atoms with Crippen molar-refractivity contribution >= 4 is 17.9 Å². The number of amides is 3. The van der Waals surface area contributed by atoms with Gasteiger partial charge in [-0.1, -0.05) is 0 Å². The summed E-state index contributed by atoms with van der Waals surface area (Å²) in [5.74, 6) is -1.17. The number of hydrogen-bond acceptors (Lipinski definition) is 5. The third-order valence-electron chi connectivity index (χ3n) is 2.48. The summed E-state index contributed by atoms with van der Waals surface area (Å²) in [4.78, 5) is 33.6. The van der Waals surface area contributed by atoms with Gasteiger partial charge in [-0.3, -0.25) is 20.2 Å². The Kier molecular flexibility index (Phi) is 5.27. The molecule has 1 heterocycles. The molecule has 3 amide bonds. The molecule has 4 N–H and O–H groups in total. The minimum absolute atomic E-state index is 0.153. The molecule has 8 nitrogen and oxygen atoms in total. The molecule has 20 heavy (non-hydrogen) atoms. The van der Waals surface area contributed by atoms with Crippen LogP contribution in [0.4, 0.5) is 4.79 Å². The van der Waals surface area contributed by atoms with Crippen LogP contribution in [-0.4, -0.2) is 35.1 Å². The molecule has 1 aromatic rings. The SMILES string of the molecule is CC(C)(NCC(=O)NC(=O)NCc1ccco1)C(=O)O. The van der Waals surface area contributed by atoms with Gasteiger partial charge >= 0.3 is 12.0 Å². The highest BCUT2D eigenvalue weighted by Gasteiger charge is 2.27. The lowest BCUT2D eigenvalue weighted by Gasteiger charge is -2.20. The summed E-state index contributed by atoms with van der Waals surface area (Å²) in [5, 5.41) is 15.9. The first-order valence-electron chi connectivity index (χ1n) is 5.90. The average Bonchev–Trinajstić information content (AvgIpc) is 2.87. The van der Waals surface area contributed by atoms with Crippen LogP contribution in [0.1, 0.15) is 19.6 Å². The summed E-state index contributed by atoms with van der Waals surface area (Å²) in [6, 6.07) is 2.68. The zero-order valence-electron chi connectivity index (χ0n) is 11.2. The Labute approximate surface area is 115 Å². The average molecular weight is 283 g/mol. The van der Waals surface area contributed by atoms with E-state index in [9.17, 15) is 14.4 Å². The summed E-state index contributed by atoms with van der Waals surface area (Å²) in [6.45, 7) is 2.70. The van der Waals surface area contributed by atoms with Crippen LogP contribution in [0.3, 0.4) is 0 Å². The Bertz CT molecular complexity index is 481. The lowest BCUT2D eigenvalue weighted by atomic mass is 10.1. The summed E-state index contributed by atoms with van der Waals surface area (Å²) in [6.07, 6.45) is 1.47. The molecule has 1 aromatic heterocycles. The molecular weight excluding hydrogens is 266 g/mol. The van der Waals surface area contributed by atoms with E-state index in [1.54, 1.807) is 12.1 Å². The zero-order chi connectivity index (χ0) is 15.2. The summed E-state index contributed by atoms with van der Waals surface area (Å²) >= 11 is 0. The quantitative estimate of drug-likeness (QED) is 0.586. The van der Waals surface area contributed by atoms with Gasteiger partial charge in [-0.15, -0.1) is 0 Å². The van der Waals surface area contributed by atoms with Crippen LogP contribution in [0.5, 0.6) is 0 Å². The van der Waals surface area contributed by atoms with E-state index in [1.807, 2.05) is 0 Å². The van der Waals surface area contributed by atoms with E-state index in [0.29, 0.717) is 5.76 Å². The number of nitrogens with one attached hydrogen (secondary N) is 3. The van der Waals surface area contributed by atoms with Gasteiger partial charge in [0.15, 0.2) is 0 Å². The molecule has 110 valence electrons. The minimum atomic E-state index is -1.25. The number of carbonyl (C=O) groups is 3. The summed E-state index contributed by atoms with van der Waals surface area (Å²) in [7, 11) is 0. The molecule has 0 radical (unpaired) electrons. The van der Waals surface area contributed by atoms with Crippen molar-refractivity contribution in [3.05, 3.63) is 24.2 Å². The number of carboxylic acid groups (broad SMARTS) is 1. The first-order chi connectivity index (χ1) is 9.31. The summed E-state index contributed by atoms with van der Waals surface area (Å²) < 4.78 is 5.00. The lowest BCUT2D eigenvalue weighted by Crippen LogP contribution is -2.52. The second-order valence-corrected chi connectivity index (χ2v) is 4.59. The maximum absolute atomic E-state index is 11.4. The number of hydrogen-bond donors (Lipinski definition) is 4. The van der Waals surface area contributed by atoms with Crippen molar-refractivity contribution in [2.24, 2.45) is 0 Å². The monoisotopic (exact) mass is 283 g/mol. The van der Waals surface area contributed by atoms with E-state index in [1.165, 1.54) is 20.1 Å². The highest BCUT2D eigenvalue weighted by atomic mass is 16.4. The summed E-state index contributed by atoms with van der Waals surface area (Å²) in [5.41, 5.74) is -1.25. The second kappa shape index (κ2) is 6.71. The molecule has 0 spiro atoms. The number of rotatable bonds is 6. The highest BCUT2D eigenvalue weighted by molar-refractivity contribution is 5.95. The molecular formula is C12H17N3O5. The van der Waals surface area contributed by atoms with E-state index in [2.05, 4.69) is 16.0 Å². The van der Waals surface area contributed by atoms with Gasteiger partial charge in [0.05, 0.1) is 19.4 Å². The normalized spacial score (nSPS) is 10.9. The fourth-order valence-corrected chi connectivity index (χ4v) is 1.17. The minimum Gasteiger partial charge on any atom is -0.480 e. The van der Waals surface area contributed by atoms with Gasteiger partial charge in [-0.05, 0) is 26.0 Å². The molecule has 0 atom stereocenters. The van der Waals surface area contributed by atoms with Crippen molar-refractivity contribution in [3.8, 4) is 0 Å². The highest BCUT2D eigenvalue weighted by Crippen LogP contribution is 2.00. The van der Waals surface area contributed by atoms with Crippen molar-refractivity contribution in [2.45, 2.75) is 25.9 Å². The molecule has 0 aliphatic rings. The third-order valence-corrected chi connectivity index (χ3v) is 2.48. The predicted octanol–water partition coefficient (Wildman–Crippen LogP) is 0.0582. The molecule has 0 aliphatic carbocycles. The van der Waals surface area contributed by atoms with E-state index in [4.69, 9.17) is 9.52 Å². The molecule has 0 aliphatic heterocycles. The first kappa shape index (κ1) is 15.7. The molecule has 1 rings (SSSR count). The molecule has 0 aromatic carbocycles. The van der Waals surface area contributed by atoms with Gasteiger partial charge in [0, 0.05) is 0 Å². The molecule has 0 bridgehead atoms. The lowest BCUT2D eigenvalue weighted by molar-refractivity contribution is -0.143. The van der Waals surface area contributed by atoms with Gasteiger partial charge < -0.3 is 14.8 Å². The van der Waals surface area contributed by atoms with Crippen LogP contribution >= 0.6 is 0 Å². The number of furan rings is 1. The fraction of sp³-hybridized carbons (Fsp3) is 0.417. The number of carbonyl (C=O) groups excluding carboxylic acids is 2. The zero-order valence-corrected chi connectivity index (χ0v) is 11.2. The topological polar surface area (TPSA) is 121 Å². The molecule has 0 saturated heterocycles. The number of imide groups is 1. The van der Waals surface area contributed by atoms with Crippen molar-refractivity contribution in [1.29, 1.82) is 0 Å². The number of carboxylic acids is 1. The van der Waals surface area contributed by atoms with E-state index >= 15 is 0 Å². The van der Waals surface area contributed by atoms with Crippen molar-refractivity contribution in [1.82, 2.24) is 16.0 Å². The van der Waals surface area contributed by atoms with Crippen LogP contribution in [0.25, 0.3) is 0 Å². The maximum atomic E-state index is 11.4. The Morgan fingerprint density at radius 3 is 2.60 bits per heavy atom. The van der Waals surface area contributed by atoms with Crippen LogP contribution in [0.2, 0.25) is 0 Å². The van der Waals surface area contributed by atoms with Gasteiger partial charge in [-0.2, -0.15) is 0 Å². The van der Waals surface area contributed by atoms with Crippen molar-refractivity contribution in [2.75, 3.05) is 6.54 Å². The fourth-order valence-electron chi connectivity index (χ4n) is 1.17. The van der Waals surface area contributed by atoms with Crippen molar-refractivity contribution in [3.63, 3.8) is 0 Å². The molecule has 8 heteroatoms. The van der Waals surface area contributed by atoms with E-state index in [0.717, 1.165) is 0 Å². The standard InChI is InChI=1S/C12H17N3O5/c1-12(2,10(17)18)14-7-9(16)15-11(19)13-6-8-4-3-5-20-8/h3-5,14H,6-7H2,1-2H3,(H,17,18)(H2,13,15,16,19). The molecule has 0 saturated carbocycles. The Morgan fingerprint density at radius 2 is 2.05 bits per heavy atom. The second-order valence-electron chi connectivity index (χ2n) is 4.59. The van der Waals surface area contributed by atoms with Gasteiger partial charge in [0.25, 0.3) is 0 Å². The largest absolute Gasteiger partial charge is 0.480 e. The first-order valence-corrected chi connectivity index (χ1v) is 5.90. The maximum Gasteiger partial charge on any atom is 0.323 e. The van der Waals surface area contributed by atoms with E-state index in [-0.39, 0.29) is 13.1 Å². The van der Waals surface area contributed by atoms with Gasteiger partial charge in [-0.25, -0.2) is 4.79 Å². The van der Waals surface area contributed by atoms with Crippen LogP contribution < -0.4 is 16.0 Å². The van der Waals surface area contributed by atoms with Crippen LogP contribution in [0, 0.1) is 0 Å². The van der Waals surface area contributed by atoms with Gasteiger partial charge in [0.2, 0.25) is 5.91 Å². The number of urea groups is 1. The van der Waals surface area contributed by atoms with Gasteiger partial charge in [0.1, 0.15) is 11.3 Å². The Balaban J connectivity index is 2.28. The van der Waals surface area contributed by atoms with Crippen LogP contribution in [0.15, 0.2) is 22.8 Å².